The van der Waals surface area contributed by atoms with Crippen LogP contribution in [0.5, 0.6) is 0 Å². The Kier molecular flexibility index (Phi) is 5.64. The molecule has 4 rings (SSSR count). The van der Waals surface area contributed by atoms with Gasteiger partial charge in [0.15, 0.2) is 0 Å². The third kappa shape index (κ3) is 3.19. The van der Waals surface area contributed by atoms with E-state index in [1.807, 2.05) is 72.8 Å². The molecule has 0 aromatic heterocycles. The van der Waals surface area contributed by atoms with Crippen molar-refractivity contribution in [3.05, 3.63) is 83.9 Å². The fraction of sp³-hybridized carbons (Fsp3) is 0.200. The van der Waals surface area contributed by atoms with Crippen molar-refractivity contribution in [1.29, 1.82) is 0 Å². The van der Waals surface area contributed by atoms with E-state index in [9.17, 15) is 9.59 Å². The first-order chi connectivity index (χ1) is 14.6. The summed E-state index contributed by atoms with van der Waals surface area (Å²) in [6.45, 7) is 3.83. The van der Waals surface area contributed by atoms with Gasteiger partial charge in [0.25, 0.3) is 0 Å². The summed E-state index contributed by atoms with van der Waals surface area (Å²) in [5.41, 5.74) is 1.32. The van der Waals surface area contributed by atoms with Gasteiger partial charge < -0.3 is 9.47 Å². The molecular weight excluding hydrogens is 396 g/mol. The average Bonchev–Trinajstić information content (AvgIpc) is 3.06. The van der Waals surface area contributed by atoms with Gasteiger partial charge in [-0.25, -0.2) is 0 Å². The molecule has 152 valence electrons. The summed E-state index contributed by atoms with van der Waals surface area (Å²) >= 11 is 1.63. The molecule has 0 atom stereocenters. The van der Waals surface area contributed by atoms with Gasteiger partial charge in [0.05, 0.1) is 13.2 Å². The first kappa shape index (κ1) is 20.2. The van der Waals surface area contributed by atoms with Crippen LogP contribution in [0.25, 0.3) is 11.1 Å². The Morgan fingerprint density at radius 2 is 1.33 bits per heavy atom. The summed E-state index contributed by atoms with van der Waals surface area (Å²) < 4.78 is 10.8. The van der Waals surface area contributed by atoms with E-state index >= 15 is 0 Å². The first-order valence-electron chi connectivity index (χ1n) is 9.94. The van der Waals surface area contributed by atoms with E-state index < -0.39 is 17.4 Å². The van der Waals surface area contributed by atoms with Crippen LogP contribution in [0.1, 0.15) is 25.0 Å². The molecule has 3 aromatic rings. The van der Waals surface area contributed by atoms with Crippen LogP contribution in [0.3, 0.4) is 0 Å². The van der Waals surface area contributed by atoms with Crippen LogP contribution in [0, 0.1) is 0 Å². The molecule has 0 radical (unpaired) electrons. The summed E-state index contributed by atoms with van der Waals surface area (Å²) in [4.78, 5) is 28.7. The third-order valence-corrected chi connectivity index (χ3v) is 6.16. The molecule has 3 aromatic carbocycles. The van der Waals surface area contributed by atoms with E-state index in [4.69, 9.17) is 9.47 Å². The second kappa shape index (κ2) is 8.36. The molecule has 0 bridgehead atoms. The Morgan fingerprint density at radius 1 is 0.733 bits per heavy atom. The van der Waals surface area contributed by atoms with Gasteiger partial charge >= 0.3 is 11.9 Å². The minimum Gasteiger partial charge on any atom is -0.465 e. The third-order valence-electron chi connectivity index (χ3n) is 5.16. The monoisotopic (exact) mass is 418 g/mol. The van der Waals surface area contributed by atoms with Crippen molar-refractivity contribution in [2.45, 2.75) is 29.1 Å². The topological polar surface area (TPSA) is 52.6 Å². The van der Waals surface area contributed by atoms with Gasteiger partial charge in [-0.2, -0.15) is 0 Å². The van der Waals surface area contributed by atoms with Crippen molar-refractivity contribution in [3.8, 4) is 11.1 Å². The number of benzene rings is 3. The smallest absolute Gasteiger partial charge is 0.332 e. The number of hydrogen-bond acceptors (Lipinski definition) is 5. The van der Waals surface area contributed by atoms with E-state index in [0.717, 1.165) is 20.9 Å². The van der Waals surface area contributed by atoms with Crippen molar-refractivity contribution in [3.63, 3.8) is 0 Å². The lowest BCUT2D eigenvalue weighted by Gasteiger charge is -2.27. The largest absolute Gasteiger partial charge is 0.465 e. The highest BCUT2D eigenvalue weighted by Gasteiger charge is 2.57. The minimum atomic E-state index is -1.60. The van der Waals surface area contributed by atoms with Gasteiger partial charge in [-0.15, -0.1) is 0 Å². The van der Waals surface area contributed by atoms with Gasteiger partial charge in [0.1, 0.15) is 0 Å². The van der Waals surface area contributed by atoms with Gasteiger partial charge in [0.2, 0.25) is 5.41 Å². The van der Waals surface area contributed by atoms with Gasteiger partial charge in [-0.05, 0) is 60.4 Å². The predicted molar refractivity (Wildman–Crippen MR) is 116 cm³/mol. The van der Waals surface area contributed by atoms with E-state index in [1.165, 1.54) is 0 Å². The Morgan fingerprint density at radius 3 is 2.00 bits per heavy atom. The highest BCUT2D eigenvalue weighted by atomic mass is 32.2. The number of carbonyl (C=O) groups is 2. The van der Waals surface area contributed by atoms with Crippen molar-refractivity contribution in [2.24, 2.45) is 0 Å². The van der Waals surface area contributed by atoms with E-state index in [-0.39, 0.29) is 13.2 Å². The molecule has 30 heavy (non-hydrogen) atoms. The van der Waals surface area contributed by atoms with E-state index in [2.05, 4.69) is 0 Å². The fourth-order valence-corrected chi connectivity index (χ4v) is 4.83. The second-order valence-electron chi connectivity index (χ2n) is 6.86. The number of rotatable bonds is 6. The van der Waals surface area contributed by atoms with Crippen LogP contribution in [-0.2, 0) is 24.5 Å². The first-order valence-corrected chi connectivity index (χ1v) is 10.8. The number of esters is 2. The molecule has 1 aliphatic carbocycles. The highest BCUT2D eigenvalue weighted by molar-refractivity contribution is 7.99. The lowest BCUT2D eigenvalue weighted by atomic mass is 9.78. The second-order valence-corrected chi connectivity index (χ2v) is 8.01. The Hall–Kier alpha value is -3.05. The molecule has 0 amide bonds. The van der Waals surface area contributed by atoms with Crippen molar-refractivity contribution >= 4 is 23.7 Å². The predicted octanol–water partition coefficient (Wildman–Crippen LogP) is 5.23. The normalized spacial score (nSPS) is 13.3. The Labute approximate surface area is 180 Å². The maximum Gasteiger partial charge on any atom is 0.332 e. The SMILES string of the molecule is CCOC(=O)C1(C(=O)OCC)c2ccccc2-c2cc(Sc3ccccc3)ccc21. The quantitative estimate of drug-likeness (QED) is 0.405. The summed E-state index contributed by atoms with van der Waals surface area (Å²) in [6.07, 6.45) is 0. The van der Waals surface area contributed by atoms with Gasteiger partial charge in [-0.3, -0.25) is 9.59 Å². The Bertz CT molecular complexity index is 1070. The molecule has 1 aliphatic rings. The number of carbonyl (C=O) groups excluding carboxylic acids is 2. The molecule has 0 spiro atoms. The lowest BCUT2D eigenvalue weighted by molar-refractivity contribution is -0.162. The van der Waals surface area contributed by atoms with Crippen molar-refractivity contribution < 1.29 is 19.1 Å². The zero-order valence-electron chi connectivity index (χ0n) is 16.9. The summed E-state index contributed by atoms with van der Waals surface area (Å²) in [5, 5.41) is 0. The number of hydrogen-bond donors (Lipinski definition) is 0. The zero-order chi connectivity index (χ0) is 21.1. The maximum absolute atomic E-state index is 13.3. The molecule has 0 aliphatic heterocycles. The maximum atomic E-state index is 13.3. The van der Waals surface area contributed by atoms with Crippen LogP contribution < -0.4 is 0 Å². The van der Waals surface area contributed by atoms with Crippen LogP contribution >= 0.6 is 11.8 Å². The van der Waals surface area contributed by atoms with Crippen LogP contribution in [-0.4, -0.2) is 25.2 Å². The summed E-state index contributed by atoms with van der Waals surface area (Å²) in [5.74, 6) is -1.20. The van der Waals surface area contributed by atoms with Crippen molar-refractivity contribution in [1.82, 2.24) is 0 Å². The molecule has 0 unspecified atom stereocenters. The summed E-state index contributed by atoms with van der Waals surface area (Å²) in [6, 6.07) is 23.4. The summed E-state index contributed by atoms with van der Waals surface area (Å²) in [7, 11) is 0. The molecular formula is C25H22O4S. The molecule has 0 N–H and O–H groups in total. The molecule has 0 saturated carbocycles. The van der Waals surface area contributed by atoms with Gasteiger partial charge in [-0.1, -0.05) is 60.3 Å². The molecule has 5 heteroatoms. The lowest BCUT2D eigenvalue weighted by Crippen LogP contribution is -2.45. The minimum absolute atomic E-state index is 0.180. The van der Waals surface area contributed by atoms with E-state index in [1.54, 1.807) is 25.6 Å². The molecule has 4 nitrogen and oxygen atoms in total. The van der Waals surface area contributed by atoms with Crippen LogP contribution in [0.2, 0.25) is 0 Å². The Balaban J connectivity index is 1.90. The standard InChI is InChI=1S/C25H22O4S/c1-3-28-23(26)25(24(27)29-4-2)21-13-9-8-12-19(21)20-16-18(14-15-22(20)25)30-17-10-6-5-7-11-17/h5-16H,3-4H2,1-2H3. The van der Waals surface area contributed by atoms with Crippen LogP contribution in [0.4, 0.5) is 0 Å². The number of ether oxygens (including phenoxy) is 2. The zero-order valence-corrected chi connectivity index (χ0v) is 17.7. The highest BCUT2D eigenvalue weighted by Crippen LogP contribution is 2.51. The molecule has 0 saturated heterocycles. The molecule has 0 fully saturated rings. The van der Waals surface area contributed by atoms with Crippen LogP contribution in [0.15, 0.2) is 82.6 Å². The number of fused-ring (bicyclic) bond motifs is 3. The fourth-order valence-electron chi connectivity index (χ4n) is 3.95. The average molecular weight is 419 g/mol. The van der Waals surface area contributed by atoms with Gasteiger partial charge in [0, 0.05) is 9.79 Å². The van der Waals surface area contributed by atoms with E-state index in [0.29, 0.717) is 11.1 Å². The van der Waals surface area contributed by atoms with Crippen molar-refractivity contribution in [2.75, 3.05) is 13.2 Å². The molecule has 0 heterocycles.